The fourth-order valence-corrected chi connectivity index (χ4v) is 2.21. The van der Waals surface area contributed by atoms with E-state index in [1.807, 2.05) is 19.1 Å². The summed E-state index contributed by atoms with van der Waals surface area (Å²) in [5, 5.41) is 12.5. The maximum atomic E-state index is 11.1. The van der Waals surface area contributed by atoms with Crippen LogP contribution < -0.4 is 5.32 Å². The van der Waals surface area contributed by atoms with Crippen molar-refractivity contribution >= 4 is 5.97 Å². The van der Waals surface area contributed by atoms with Crippen molar-refractivity contribution in [1.29, 1.82) is 0 Å². The first-order chi connectivity index (χ1) is 8.89. The Morgan fingerprint density at radius 3 is 2.32 bits per heavy atom. The maximum Gasteiger partial charge on any atom is 0.305 e. The standard InChI is InChI=1S/C16H25NO2/c1-5-10-17-16(4,11-15(18)19)14-8-6-13(7-9-14)12(2)3/h6-9,12,17H,5,10-11H2,1-4H3,(H,18,19). The fraction of sp³-hybridized carbons (Fsp3) is 0.562. The zero-order valence-electron chi connectivity index (χ0n) is 12.4. The van der Waals surface area contributed by atoms with Gasteiger partial charge in [-0.1, -0.05) is 45.0 Å². The molecule has 1 rings (SSSR count). The largest absolute Gasteiger partial charge is 0.481 e. The Hall–Kier alpha value is -1.35. The average molecular weight is 263 g/mol. The van der Waals surface area contributed by atoms with Crippen LogP contribution in [0.2, 0.25) is 0 Å². The lowest BCUT2D eigenvalue weighted by atomic mass is 9.87. The Labute approximate surface area is 116 Å². The second-order valence-electron chi connectivity index (χ2n) is 5.61. The van der Waals surface area contributed by atoms with E-state index in [1.54, 1.807) is 0 Å². The van der Waals surface area contributed by atoms with Crippen LogP contribution in [0.1, 0.15) is 57.6 Å². The Bertz CT molecular complexity index is 411. The predicted molar refractivity (Wildman–Crippen MR) is 78.4 cm³/mol. The molecule has 0 aliphatic carbocycles. The van der Waals surface area contributed by atoms with Crippen LogP contribution in [0.25, 0.3) is 0 Å². The SMILES string of the molecule is CCCNC(C)(CC(=O)O)c1ccc(C(C)C)cc1. The molecular formula is C16H25NO2. The molecule has 0 saturated carbocycles. The lowest BCUT2D eigenvalue weighted by Gasteiger charge is -2.30. The Morgan fingerprint density at radius 1 is 1.32 bits per heavy atom. The molecule has 3 heteroatoms. The van der Waals surface area contributed by atoms with Gasteiger partial charge in [-0.3, -0.25) is 4.79 Å². The topological polar surface area (TPSA) is 49.3 Å². The van der Waals surface area contributed by atoms with Gasteiger partial charge in [-0.25, -0.2) is 0 Å². The molecule has 1 unspecified atom stereocenters. The highest BCUT2D eigenvalue weighted by molar-refractivity contribution is 5.68. The van der Waals surface area contributed by atoms with Gasteiger partial charge in [0.05, 0.1) is 12.0 Å². The Kier molecular flexibility index (Phi) is 5.55. The van der Waals surface area contributed by atoms with Gasteiger partial charge in [0.1, 0.15) is 0 Å². The zero-order valence-corrected chi connectivity index (χ0v) is 12.4. The average Bonchev–Trinajstić information content (AvgIpc) is 2.35. The number of hydrogen-bond donors (Lipinski definition) is 2. The van der Waals surface area contributed by atoms with Crippen molar-refractivity contribution in [1.82, 2.24) is 5.32 Å². The van der Waals surface area contributed by atoms with Gasteiger partial charge in [-0.05, 0) is 36.9 Å². The van der Waals surface area contributed by atoms with Gasteiger partial charge < -0.3 is 10.4 Å². The van der Waals surface area contributed by atoms with Crippen molar-refractivity contribution in [3.8, 4) is 0 Å². The van der Waals surface area contributed by atoms with Gasteiger partial charge in [-0.15, -0.1) is 0 Å². The molecule has 1 aromatic carbocycles. The molecule has 0 spiro atoms. The van der Waals surface area contributed by atoms with Crippen LogP contribution in [0.15, 0.2) is 24.3 Å². The molecule has 0 aliphatic rings. The van der Waals surface area contributed by atoms with E-state index in [9.17, 15) is 4.79 Å². The normalized spacial score (nSPS) is 14.4. The number of rotatable bonds is 7. The number of hydrogen-bond acceptors (Lipinski definition) is 2. The van der Waals surface area contributed by atoms with Crippen LogP contribution >= 0.6 is 0 Å². The summed E-state index contributed by atoms with van der Waals surface area (Å²) in [6.45, 7) is 9.16. The van der Waals surface area contributed by atoms with Crippen molar-refractivity contribution in [3.05, 3.63) is 35.4 Å². The summed E-state index contributed by atoms with van der Waals surface area (Å²) in [6.07, 6.45) is 1.08. The smallest absolute Gasteiger partial charge is 0.305 e. The van der Waals surface area contributed by atoms with E-state index in [0.29, 0.717) is 5.92 Å². The minimum atomic E-state index is -0.779. The first-order valence-electron chi connectivity index (χ1n) is 6.96. The second-order valence-corrected chi connectivity index (χ2v) is 5.61. The monoisotopic (exact) mass is 263 g/mol. The van der Waals surface area contributed by atoms with Crippen molar-refractivity contribution in [3.63, 3.8) is 0 Å². The lowest BCUT2D eigenvalue weighted by Crippen LogP contribution is -2.41. The molecule has 19 heavy (non-hydrogen) atoms. The van der Waals surface area contributed by atoms with E-state index in [2.05, 4.69) is 38.2 Å². The third-order valence-electron chi connectivity index (χ3n) is 3.48. The number of carbonyl (C=O) groups is 1. The first kappa shape index (κ1) is 15.7. The Balaban J connectivity index is 2.99. The van der Waals surface area contributed by atoms with Crippen molar-refractivity contribution in [2.24, 2.45) is 0 Å². The molecule has 0 aromatic heterocycles. The minimum absolute atomic E-state index is 0.0913. The molecule has 106 valence electrons. The van der Waals surface area contributed by atoms with Gasteiger partial charge in [0, 0.05) is 0 Å². The van der Waals surface area contributed by atoms with Gasteiger partial charge >= 0.3 is 5.97 Å². The van der Waals surface area contributed by atoms with Crippen LogP contribution in [0.4, 0.5) is 0 Å². The molecular weight excluding hydrogens is 238 g/mol. The van der Waals surface area contributed by atoms with Crippen molar-refractivity contribution in [2.45, 2.75) is 52.0 Å². The highest BCUT2D eigenvalue weighted by atomic mass is 16.4. The predicted octanol–water partition coefficient (Wildman–Crippen LogP) is 3.50. The highest BCUT2D eigenvalue weighted by Gasteiger charge is 2.28. The van der Waals surface area contributed by atoms with E-state index >= 15 is 0 Å². The van der Waals surface area contributed by atoms with E-state index in [0.717, 1.165) is 18.5 Å². The van der Waals surface area contributed by atoms with E-state index in [1.165, 1.54) is 5.56 Å². The summed E-state index contributed by atoms with van der Waals surface area (Å²) in [5.41, 5.74) is 1.81. The summed E-state index contributed by atoms with van der Waals surface area (Å²) in [5.74, 6) is -0.289. The first-order valence-corrected chi connectivity index (χ1v) is 6.96. The summed E-state index contributed by atoms with van der Waals surface area (Å²) >= 11 is 0. The zero-order chi connectivity index (χ0) is 14.5. The summed E-state index contributed by atoms with van der Waals surface area (Å²) in [4.78, 5) is 11.1. The molecule has 1 atom stereocenters. The fourth-order valence-electron chi connectivity index (χ4n) is 2.21. The van der Waals surface area contributed by atoms with Crippen LogP contribution in [0.3, 0.4) is 0 Å². The van der Waals surface area contributed by atoms with E-state index in [-0.39, 0.29) is 6.42 Å². The molecule has 0 heterocycles. The molecule has 2 N–H and O–H groups in total. The van der Waals surface area contributed by atoms with E-state index < -0.39 is 11.5 Å². The molecule has 1 aromatic rings. The van der Waals surface area contributed by atoms with Crippen LogP contribution in [0, 0.1) is 0 Å². The third-order valence-corrected chi connectivity index (χ3v) is 3.48. The number of aliphatic carboxylic acids is 1. The molecule has 3 nitrogen and oxygen atoms in total. The molecule has 0 radical (unpaired) electrons. The van der Waals surface area contributed by atoms with Gasteiger partial charge in [0.25, 0.3) is 0 Å². The number of nitrogens with one attached hydrogen (secondary N) is 1. The van der Waals surface area contributed by atoms with Crippen molar-refractivity contribution in [2.75, 3.05) is 6.54 Å². The molecule has 0 amide bonds. The second kappa shape index (κ2) is 6.71. The van der Waals surface area contributed by atoms with E-state index in [4.69, 9.17) is 5.11 Å². The minimum Gasteiger partial charge on any atom is -0.481 e. The number of carboxylic acids is 1. The molecule has 0 fully saturated rings. The van der Waals surface area contributed by atoms with Crippen molar-refractivity contribution < 1.29 is 9.90 Å². The molecule has 0 bridgehead atoms. The summed E-state index contributed by atoms with van der Waals surface area (Å²) < 4.78 is 0. The van der Waals surface area contributed by atoms with Gasteiger partial charge in [0.2, 0.25) is 0 Å². The quantitative estimate of drug-likeness (QED) is 0.791. The summed E-state index contributed by atoms with van der Waals surface area (Å²) in [6, 6.07) is 8.27. The van der Waals surface area contributed by atoms with Crippen LogP contribution in [-0.4, -0.2) is 17.6 Å². The number of carboxylic acid groups (broad SMARTS) is 1. The third kappa shape index (κ3) is 4.35. The summed E-state index contributed by atoms with van der Waals surface area (Å²) in [7, 11) is 0. The highest BCUT2D eigenvalue weighted by Crippen LogP contribution is 2.26. The lowest BCUT2D eigenvalue weighted by molar-refractivity contribution is -0.138. The molecule has 0 saturated heterocycles. The maximum absolute atomic E-state index is 11.1. The number of benzene rings is 1. The van der Waals surface area contributed by atoms with Crippen LogP contribution in [-0.2, 0) is 10.3 Å². The molecule has 0 aliphatic heterocycles. The van der Waals surface area contributed by atoms with Gasteiger partial charge in [0.15, 0.2) is 0 Å². The van der Waals surface area contributed by atoms with Gasteiger partial charge in [-0.2, -0.15) is 0 Å². The Morgan fingerprint density at radius 2 is 1.89 bits per heavy atom. The van der Waals surface area contributed by atoms with Crippen LogP contribution in [0.5, 0.6) is 0 Å².